The molecule has 0 aromatic heterocycles. The Labute approximate surface area is 94.4 Å². The molecule has 0 N–H and O–H groups in total. The van der Waals surface area contributed by atoms with E-state index in [1.165, 1.54) is 13.2 Å². The summed E-state index contributed by atoms with van der Waals surface area (Å²) in [5, 5.41) is 0. The lowest BCUT2D eigenvalue weighted by Crippen LogP contribution is -2.35. The highest BCUT2D eigenvalue weighted by molar-refractivity contribution is 5.91. The van der Waals surface area contributed by atoms with Crippen molar-refractivity contribution >= 4 is 5.78 Å². The summed E-state index contributed by atoms with van der Waals surface area (Å²) >= 11 is 0. The topological polar surface area (TPSA) is 26.3 Å². The number of ketones is 1. The lowest BCUT2D eigenvalue weighted by molar-refractivity contribution is -0.124. The van der Waals surface area contributed by atoms with Crippen LogP contribution in [0.15, 0.2) is 12.1 Å². The molecule has 0 atom stereocenters. The maximum absolute atomic E-state index is 14.0. The fourth-order valence-corrected chi connectivity index (χ4v) is 2.35. The molecule has 2 nitrogen and oxygen atoms in total. The summed E-state index contributed by atoms with van der Waals surface area (Å²) in [6.45, 7) is 3.56. The van der Waals surface area contributed by atoms with E-state index in [-0.39, 0.29) is 11.6 Å². The van der Waals surface area contributed by atoms with Crippen LogP contribution in [0.2, 0.25) is 0 Å². The van der Waals surface area contributed by atoms with Crippen molar-refractivity contribution in [3.8, 4) is 5.75 Å². The van der Waals surface area contributed by atoms with Crippen molar-refractivity contribution in [1.29, 1.82) is 0 Å². The molecule has 0 heterocycles. The number of hydrogen-bond acceptors (Lipinski definition) is 2. The van der Waals surface area contributed by atoms with Crippen LogP contribution >= 0.6 is 0 Å². The second-order valence-corrected chi connectivity index (χ2v) is 4.69. The van der Waals surface area contributed by atoms with Gasteiger partial charge in [0.1, 0.15) is 17.3 Å². The molecule has 0 saturated heterocycles. The summed E-state index contributed by atoms with van der Waals surface area (Å²) in [6.07, 6.45) is 1.08. The quantitative estimate of drug-likeness (QED) is 0.730. The Morgan fingerprint density at radius 3 is 2.62 bits per heavy atom. The van der Waals surface area contributed by atoms with Crippen molar-refractivity contribution in [3.05, 3.63) is 29.1 Å². The van der Waals surface area contributed by atoms with Gasteiger partial charge in [-0.1, -0.05) is 0 Å². The number of carbonyl (C=O) groups excluding carboxylic acids is 1. The first-order valence-corrected chi connectivity index (χ1v) is 5.37. The van der Waals surface area contributed by atoms with Crippen molar-refractivity contribution < 1.29 is 13.9 Å². The summed E-state index contributed by atoms with van der Waals surface area (Å²) in [4.78, 5) is 11.8. The van der Waals surface area contributed by atoms with Gasteiger partial charge in [0.25, 0.3) is 0 Å². The summed E-state index contributed by atoms with van der Waals surface area (Å²) in [6, 6.07) is 3.17. The lowest BCUT2D eigenvalue weighted by Gasteiger charge is -2.31. The monoisotopic (exact) mass is 222 g/mol. The van der Waals surface area contributed by atoms with Gasteiger partial charge in [-0.15, -0.1) is 0 Å². The molecule has 0 unspecified atom stereocenters. The maximum atomic E-state index is 14.0. The van der Waals surface area contributed by atoms with Crippen LogP contribution in [0.5, 0.6) is 5.75 Å². The summed E-state index contributed by atoms with van der Waals surface area (Å²) in [7, 11) is 1.51. The molecule has 0 saturated carbocycles. The number of aryl methyl sites for hydroxylation is 1. The molecule has 1 aromatic carbocycles. The molecule has 0 bridgehead atoms. The molecule has 3 heteroatoms. The molecule has 1 aliphatic carbocycles. The Morgan fingerprint density at radius 2 is 2.00 bits per heavy atom. The minimum atomic E-state index is -0.718. The standard InChI is InChI=1S/C13H15FO2/c1-13(2)11(15)5-4-8-6-9(16-3)7-10(14)12(8)13/h6-7H,4-5H2,1-3H3. The molecule has 0 radical (unpaired) electrons. The number of Topliss-reactive ketones (excluding diaryl/α,β-unsaturated/α-hetero) is 1. The van der Waals surface area contributed by atoms with Gasteiger partial charge in [-0.3, -0.25) is 4.79 Å². The van der Waals surface area contributed by atoms with Gasteiger partial charge in [-0.2, -0.15) is 0 Å². The molecular formula is C13H15FO2. The molecule has 86 valence electrons. The second kappa shape index (κ2) is 3.58. The van der Waals surface area contributed by atoms with Crippen molar-refractivity contribution in [2.75, 3.05) is 7.11 Å². The predicted octanol–water partition coefficient (Wildman–Crippen LogP) is 2.63. The third-order valence-corrected chi connectivity index (χ3v) is 3.32. The summed E-state index contributed by atoms with van der Waals surface area (Å²) < 4.78 is 19.0. The zero-order chi connectivity index (χ0) is 11.9. The maximum Gasteiger partial charge on any atom is 0.143 e. The number of carbonyl (C=O) groups is 1. The first-order valence-electron chi connectivity index (χ1n) is 5.37. The number of methoxy groups -OCH3 is 1. The van der Waals surface area contributed by atoms with Gasteiger partial charge >= 0.3 is 0 Å². The van der Waals surface area contributed by atoms with Crippen molar-refractivity contribution in [2.45, 2.75) is 32.1 Å². The first-order chi connectivity index (χ1) is 7.46. The van der Waals surface area contributed by atoms with E-state index in [4.69, 9.17) is 4.74 Å². The molecule has 0 spiro atoms. The molecule has 16 heavy (non-hydrogen) atoms. The van der Waals surface area contributed by atoms with Gasteiger partial charge in [-0.25, -0.2) is 4.39 Å². The highest BCUT2D eigenvalue weighted by Crippen LogP contribution is 2.37. The van der Waals surface area contributed by atoms with E-state index >= 15 is 0 Å². The molecule has 2 rings (SSSR count). The first kappa shape index (κ1) is 11.1. The highest BCUT2D eigenvalue weighted by atomic mass is 19.1. The third kappa shape index (κ3) is 1.51. The van der Waals surface area contributed by atoms with E-state index in [1.54, 1.807) is 13.8 Å². The van der Waals surface area contributed by atoms with Gasteiger partial charge in [0.2, 0.25) is 0 Å². The van der Waals surface area contributed by atoms with Crippen LogP contribution in [-0.4, -0.2) is 12.9 Å². The Morgan fingerprint density at radius 1 is 1.31 bits per heavy atom. The van der Waals surface area contributed by atoms with Gasteiger partial charge < -0.3 is 4.74 Å². The minimum Gasteiger partial charge on any atom is -0.497 e. The van der Waals surface area contributed by atoms with Crippen LogP contribution in [0.25, 0.3) is 0 Å². The summed E-state index contributed by atoms with van der Waals surface area (Å²) in [5.41, 5.74) is 0.704. The predicted molar refractivity (Wildman–Crippen MR) is 59.3 cm³/mol. The van der Waals surface area contributed by atoms with Gasteiger partial charge in [-0.05, 0) is 31.9 Å². The number of fused-ring (bicyclic) bond motifs is 1. The second-order valence-electron chi connectivity index (χ2n) is 4.69. The number of halogens is 1. The van der Waals surface area contributed by atoms with Gasteiger partial charge in [0.05, 0.1) is 12.5 Å². The van der Waals surface area contributed by atoms with Crippen LogP contribution < -0.4 is 4.74 Å². The number of rotatable bonds is 1. The average molecular weight is 222 g/mol. The zero-order valence-electron chi connectivity index (χ0n) is 9.76. The van der Waals surface area contributed by atoms with Crippen LogP contribution in [0.1, 0.15) is 31.4 Å². The zero-order valence-corrected chi connectivity index (χ0v) is 9.76. The molecule has 1 aliphatic rings. The van der Waals surface area contributed by atoms with Gasteiger partial charge in [0, 0.05) is 18.1 Å². The summed E-state index contributed by atoms with van der Waals surface area (Å²) in [5.74, 6) is 0.276. The van der Waals surface area contributed by atoms with Crippen molar-refractivity contribution in [1.82, 2.24) is 0 Å². The SMILES string of the molecule is COc1cc(F)c2c(c1)CCC(=O)C2(C)C. The lowest BCUT2D eigenvalue weighted by atomic mass is 9.71. The average Bonchev–Trinajstić information content (AvgIpc) is 2.22. The molecule has 0 fully saturated rings. The van der Waals surface area contributed by atoms with E-state index in [0.29, 0.717) is 24.2 Å². The largest absolute Gasteiger partial charge is 0.497 e. The van der Waals surface area contributed by atoms with Crippen molar-refractivity contribution in [2.24, 2.45) is 0 Å². The van der Waals surface area contributed by atoms with E-state index < -0.39 is 5.41 Å². The van der Waals surface area contributed by atoms with E-state index in [9.17, 15) is 9.18 Å². The fraction of sp³-hybridized carbons (Fsp3) is 0.462. The van der Waals surface area contributed by atoms with Crippen LogP contribution in [0, 0.1) is 5.82 Å². The number of hydrogen-bond donors (Lipinski definition) is 0. The van der Waals surface area contributed by atoms with Crippen LogP contribution in [0.3, 0.4) is 0 Å². The molecule has 0 aliphatic heterocycles. The van der Waals surface area contributed by atoms with Crippen LogP contribution in [-0.2, 0) is 16.6 Å². The Bertz CT molecular complexity index is 449. The van der Waals surface area contributed by atoms with Crippen molar-refractivity contribution in [3.63, 3.8) is 0 Å². The fourth-order valence-electron chi connectivity index (χ4n) is 2.35. The van der Waals surface area contributed by atoms with E-state index in [0.717, 1.165) is 5.56 Å². The molecule has 0 amide bonds. The third-order valence-electron chi connectivity index (χ3n) is 3.32. The number of benzene rings is 1. The van der Waals surface area contributed by atoms with E-state index in [1.807, 2.05) is 6.07 Å². The smallest absolute Gasteiger partial charge is 0.143 e. The van der Waals surface area contributed by atoms with E-state index in [2.05, 4.69) is 0 Å². The Balaban J connectivity index is 2.64. The molecular weight excluding hydrogens is 207 g/mol. The van der Waals surface area contributed by atoms with Gasteiger partial charge in [0.15, 0.2) is 0 Å². The van der Waals surface area contributed by atoms with Crippen LogP contribution in [0.4, 0.5) is 4.39 Å². The number of ether oxygens (including phenoxy) is 1. The molecule has 1 aromatic rings. The Hall–Kier alpha value is -1.38. The minimum absolute atomic E-state index is 0.101. The Kier molecular flexibility index (Phi) is 2.49. The normalized spacial score (nSPS) is 18.1. The highest BCUT2D eigenvalue weighted by Gasteiger charge is 2.37.